The summed E-state index contributed by atoms with van der Waals surface area (Å²) in [6.07, 6.45) is 1.80. The van der Waals surface area contributed by atoms with Crippen LogP contribution in [0, 0.1) is 12.7 Å². The van der Waals surface area contributed by atoms with Crippen molar-refractivity contribution in [3.05, 3.63) is 64.7 Å². The Morgan fingerprint density at radius 2 is 2.12 bits per heavy atom. The van der Waals surface area contributed by atoms with E-state index in [0.29, 0.717) is 23.2 Å². The first-order valence-corrected chi connectivity index (χ1v) is 8.56. The lowest BCUT2D eigenvalue weighted by Crippen LogP contribution is -2.28. The van der Waals surface area contributed by atoms with Crippen LogP contribution in [0.4, 0.5) is 4.39 Å². The van der Waals surface area contributed by atoms with Crippen LogP contribution < -0.4 is 0 Å². The fourth-order valence-electron chi connectivity index (χ4n) is 2.26. The van der Waals surface area contributed by atoms with Gasteiger partial charge in [0.1, 0.15) is 5.82 Å². The Morgan fingerprint density at radius 3 is 2.68 bits per heavy atom. The minimum Gasteiger partial charge on any atom is -0.760 e. The molecule has 0 spiro atoms. The van der Waals surface area contributed by atoms with Crippen molar-refractivity contribution in [1.29, 1.82) is 0 Å². The summed E-state index contributed by atoms with van der Waals surface area (Å²) < 4.78 is 41.9. The number of carbonyl (C=O) groups excluding carboxylic acids is 1. The summed E-state index contributed by atoms with van der Waals surface area (Å²) >= 11 is -2.43. The molecule has 1 atom stereocenters. The van der Waals surface area contributed by atoms with Gasteiger partial charge in [0.15, 0.2) is 0 Å². The number of ether oxygens (including phenoxy) is 1. The maximum absolute atomic E-state index is 13.3. The van der Waals surface area contributed by atoms with Crippen LogP contribution in [0.5, 0.6) is 0 Å². The summed E-state index contributed by atoms with van der Waals surface area (Å²) in [6, 6.07) is 7.82. The Labute approximate surface area is 148 Å². The highest BCUT2D eigenvalue weighted by molar-refractivity contribution is 7.76. The summed E-state index contributed by atoms with van der Waals surface area (Å²) in [5.41, 5.74) is 2.17. The fourth-order valence-corrected chi connectivity index (χ4v) is 2.74. The highest BCUT2D eigenvalue weighted by Gasteiger charge is 2.11. The number of carbonyl (C=O) groups is 1. The molecule has 134 valence electrons. The molecule has 0 amide bonds. The standard InChI is InChI=1S/C17H19FN2O4S/c1-12-9-13(3-6-16(12)18)7-8-20(25(22)23)11-15-5-4-14(10-19-15)17(21)24-2/h3-6,9-10H,7-8,11H2,1-2H3,(H,22,23)/p-1. The molecule has 0 saturated heterocycles. The van der Waals surface area contributed by atoms with Crippen LogP contribution in [-0.4, -0.2) is 37.7 Å². The number of hydrogen-bond acceptors (Lipinski definition) is 5. The van der Waals surface area contributed by atoms with Gasteiger partial charge in [0.25, 0.3) is 0 Å². The zero-order valence-corrected chi connectivity index (χ0v) is 14.7. The van der Waals surface area contributed by atoms with Crippen LogP contribution in [0.25, 0.3) is 0 Å². The number of aromatic nitrogens is 1. The third-order valence-corrected chi connectivity index (χ3v) is 4.40. The predicted molar refractivity (Wildman–Crippen MR) is 89.7 cm³/mol. The van der Waals surface area contributed by atoms with Gasteiger partial charge in [0, 0.05) is 24.0 Å². The number of rotatable bonds is 7. The minimum absolute atomic E-state index is 0.0811. The molecule has 1 aromatic heterocycles. The number of nitrogens with zero attached hydrogens (tertiary/aromatic N) is 2. The molecule has 1 aromatic carbocycles. The average Bonchev–Trinajstić information content (AvgIpc) is 2.61. The molecule has 0 N–H and O–H groups in total. The topological polar surface area (TPSA) is 82.6 Å². The molecule has 1 heterocycles. The van der Waals surface area contributed by atoms with E-state index in [2.05, 4.69) is 9.72 Å². The van der Waals surface area contributed by atoms with Crippen LogP contribution in [0.3, 0.4) is 0 Å². The summed E-state index contributed by atoms with van der Waals surface area (Å²) in [5, 5.41) is 0. The first-order valence-electron chi connectivity index (χ1n) is 7.53. The van der Waals surface area contributed by atoms with E-state index in [0.717, 1.165) is 5.56 Å². The van der Waals surface area contributed by atoms with Gasteiger partial charge in [0.2, 0.25) is 0 Å². The van der Waals surface area contributed by atoms with Crippen LogP contribution >= 0.6 is 0 Å². The van der Waals surface area contributed by atoms with Crippen LogP contribution in [0.1, 0.15) is 27.2 Å². The van der Waals surface area contributed by atoms with Gasteiger partial charge in [-0.05, 0) is 42.7 Å². The highest BCUT2D eigenvalue weighted by Crippen LogP contribution is 2.12. The lowest BCUT2D eigenvalue weighted by Gasteiger charge is -2.24. The normalized spacial score (nSPS) is 12.2. The van der Waals surface area contributed by atoms with E-state index in [-0.39, 0.29) is 18.9 Å². The molecular formula is C17H18FN2O4S-. The smallest absolute Gasteiger partial charge is 0.339 e. The van der Waals surface area contributed by atoms with Crippen molar-refractivity contribution in [2.75, 3.05) is 13.7 Å². The molecule has 1 unspecified atom stereocenters. The number of halogens is 1. The molecule has 2 rings (SSSR count). The molecule has 0 aliphatic carbocycles. The van der Waals surface area contributed by atoms with E-state index in [1.54, 1.807) is 25.1 Å². The van der Waals surface area contributed by atoms with Gasteiger partial charge in [-0.25, -0.2) is 13.5 Å². The zero-order chi connectivity index (χ0) is 18.4. The van der Waals surface area contributed by atoms with Crippen LogP contribution in [0.15, 0.2) is 36.5 Å². The molecule has 0 aliphatic rings. The van der Waals surface area contributed by atoms with Gasteiger partial charge in [-0.3, -0.25) is 9.19 Å². The SMILES string of the molecule is COC(=O)c1ccc(CN(CCc2ccc(F)c(C)c2)S(=O)[O-])nc1. The molecule has 6 nitrogen and oxygen atoms in total. The van der Waals surface area contributed by atoms with Gasteiger partial charge in [-0.15, -0.1) is 0 Å². The number of benzene rings is 1. The number of methoxy groups -OCH3 is 1. The Balaban J connectivity index is 2.01. The number of hydrogen-bond donors (Lipinski definition) is 0. The van der Waals surface area contributed by atoms with Crippen molar-refractivity contribution in [1.82, 2.24) is 9.29 Å². The fraction of sp³-hybridized carbons (Fsp3) is 0.294. The third-order valence-electron chi connectivity index (χ3n) is 3.67. The second-order valence-electron chi connectivity index (χ2n) is 5.44. The molecule has 25 heavy (non-hydrogen) atoms. The van der Waals surface area contributed by atoms with Gasteiger partial charge < -0.3 is 9.29 Å². The van der Waals surface area contributed by atoms with E-state index < -0.39 is 17.2 Å². The van der Waals surface area contributed by atoms with Crippen molar-refractivity contribution in [2.24, 2.45) is 0 Å². The third kappa shape index (κ3) is 5.42. The lowest BCUT2D eigenvalue weighted by atomic mass is 10.1. The van der Waals surface area contributed by atoms with E-state index in [9.17, 15) is 17.9 Å². The number of aryl methyl sites for hydroxylation is 1. The van der Waals surface area contributed by atoms with Crippen molar-refractivity contribution >= 4 is 17.2 Å². The Kier molecular flexibility index (Phi) is 6.74. The summed E-state index contributed by atoms with van der Waals surface area (Å²) in [5.74, 6) is -0.794. The second-order valence-corrected chi connectivity index (χ2v) is 6.39. The van der Waals surface area contributed by atoms with E-state index in [4.69, 9.17) is 0 Å². The first-order chi connectivity index (χ1) is 11.9. The van der Waals surface area contributed by atoms with Gasteiger partial charge in [-0.1, -0.05) is 12.1 Å². The van der Waals surface area contributed by atoms with E-state index in [1.165, 1.54) is 29.7 Å². The summed E-state index contributed by atoms with van der Waals surface area (Å²) in [6.45, 7) is 1.98. The Morgan fingerprint density at radius 1 is 1.36 bits per heavy atom. The summed E-state index contributed by atoms with van der Waals surface area (Å²) in [4.78, 5) is 15.5. The Bertz CT molecular complexity index is 768. The van der Waals surface area contributed by atoms with Gasteiger partial charge >= 0.3 is 5.97 Å². The molecule has 0 fully saturated rings. The largest absolute Gasteiger partial charge is 0.760 e. The molecule has 0 bridgehead atoms. The number of pyridine rings is 1. The van der Waals surface area contributed by atoms with Crippen LogP contribution in [0.2, 0.25) is 0 Å². The maximum atomic E-state index is 13.3. The van der Waals surface area contributed by atoms with Crippen molar-refractivity contribution in [2.45, 2.75) is 19.9 Å². The average molecular weight is 365 g/mol. The highest BCUT2D eigenvalue weighted by atomic mass is 32.2. The van der Waals surface area contributed by atoms with Crippen molar-refractivity contribution < 1.29 is 22.7 Å². The van der Waals surface area contributed by atoms with Gasteiger partial charge in [-0.2, -0.15) is 0 Å². The van der Waals surface area contributed by atoms with E-state index in [1.807, 2.05) is 0 Å². The molecule has 8 heteroatoms. The number of esters is 1. The second kappa shape index (κ2) is 8.80. The lowest BCUT2D eigenvalue weighted by molar-refractivity contribution is 0.0600. The zero-order valence-electron chi connectivity index (χ0n) is 13.9. The Hall–Kier alpha value is -2.16. The minimum atomic E-state index is -2.43. The van der Waals surface area contributed by atoms with E-state index >= 15 is 0 Å². The maximum Gasteiger partial charge on any atom is 0.339 e. The predicted octanol–water partition coefficient (Wildman–Crippen LogP) is 2.15. The van der Waals surface area contributed by atoms with Gasteiger partial charge in [0.05, 0.1) is 24.9 Å². The molecular weight excluding hydrogens is 347 g/mol. The molecule has 0 radical (unpaired) electrons. The molecule has 0 saturated carbocycles. The molecule has 2 aromatic rings. The summed E-state index contributed by atoms with van der Waals surface area (Å²) in [7, 11) is 1.27. The van der Waals surface area contributed by atoms with Crippen molar-refractivity contribution in [3.8, 4) is 0 Å². The quantitative estimate of drug-likeness (QED) is 0.555. The monoisotopic (exact) mass is 365 g/mol. The molecule has 0 aliphatic heterocycles. The van der Waals surface area contributed by atoms with Crippen molar-refractivity contribution in [3.63, 3.8) is 0 Å². The van der Waals surface area contributed by atoms with Crippen LogP contribution in [-0.2, 0) is 29.0 Å². The first kappa shape index (κ1) is 19.2.